The Hall–Kier alpha value is -1.43. The van der Waals surface area contributed by atoms with Crippen LogP contribution in [-0.2, 0) is 11.2 Å². The van der Waals surface area contributed by atoms with E-state index in [1.165, 1.54) is 13.1 Å². The number of rotatable bonds is 8. The molecule has 1 fully saturated rings. The molecule has 1 saturated heterocycles. The lowest BCUT2D eigenvalue weighted by Gasteiger charge is -2.38. The summed E-state index contributed by atoms with van der Waals surface area (Å²) in [6.45, 7) is 18.7. The van der Waals surface area contributed by atoms with Gasteiger partial charge in [-0.25, -0.2) is 0 Å². The normalized spacial score (nSPS) is 18.8. The van der Waals surface area contributed by atoms with Crippen LogP contribution >= 0.6 is 0 Å². The Bertz CT molecular complexity index is 674. The van der Waals surface area contributed by atoms with Crippen LogP contribution in [0, 0.1) is 5.41 Å². The smallest absolute Gasteiger partial charge is 0.155 e. The third-order valence-corrected chi connectivity index (χ3v) is 5.75. The third-order valence-electron chi connectivity index (χ3n) is 5.75. The highest BCUT2D eigenvalue weighted by atomic mass is 16.5. The first-order valence-corrected chi connectivity index (χ1v) is 11.3. The van der Waals surface area contributed by atoms with E-state index in [9.17, 15) is 4.79 Å². The summed E-state index contributed by atoms with van der Waals surface area (Å²) in [6.07, 6.45) is 0.690. The van der Waals surface area contributed by atoms with E-state index in [2.05, 4.69) is 57.2 Å². The quantitative estimate of drug-likeness (QED) is 0.657. The van der Waals surface area contributed by atoms with Gasteiger partial charge in [0.1, 0.15) is 12.4 Å². The van der Waals surface area contributed by atoms with Gasteiger partial charge in [-0.3, -0.25) is 9.69 Å². The van der Waals surface area contributed by atoms with E-state index in [1.54, 1.807) is 0 Å². The highest BCUT2D eigenvalue weighted by Crippen LogP contribution is 2.22. The molecule has 0 aliphatic carbocycles. The first-order chi connectivity index (χ1) is 13.8. The van der Waals surface area contributed by atoms with Crippen LogP contribution in [0.4, 0.5) is 0 Å². The Morgan fingerprint density at radius 3 is 2.13 bits per heavy atom. The van der Waals surface area contributed by atoms with Crippen LogP contribution in [-0.4, -0.2) is 80.2 Å². The number of ketones is 1. The number of piperazine rings is 1. The Morgan fingerprint density at radius 2 is 1.63 bits per heavy atom. The molecule has 1 aromatic rings. The van der Waals surface area contributed by atoms with Gasteiger partial charge < -0.3 is 14.5 Å². The summed E-state index contributed by atoms with van der Waals surface area (Å²) in [5.41, 5.74) is 0.670. The third kappa shape index (κ3) is 8.37. The zero-order chi connectivity index (χ0) is 22.6. The molecule has 5 nitrogen and oxygen atoms in total. The molecule has 30 heavy (non-hydrogen) atoms. The first kappa shape index (κ1) is 24.8. The van der Waals surface area contributed by atoms with Crippen molar-refractivity contribution in [2.24, 2.45) is 5.41 Å². The second kappa shape index (κ2) is 9.80. The zero-order valence-electron chi connectivity index (χ0n) is 20.5. The van der Waals surface area contributed by atoms with Crippen LogP contribution in [0.1, 0.15) is 47.1 Å². The molecule has 0 aromatic heterocycles. The fourth-order valence-corrected chi connectivity index (χ4v) is 3.78. The fraction of sp³-hybridized carbons (Fsp3) is 0.720. The molecule has 170 valence electrons. The van der Waals surface area contributed by atoms with Crippen molar-refractivity contribution in [3.63, 3.8) is 0 Å². The maximum Gasteiger partial charge on any atom is 0.155 e. The topological polar surface area (TPSA) is 41.6 Å². The van der Waals surface area contributed by atoms with Crippen molar-refractivity contribution in [2.45, 2.75) is 59.5 Å². The van der Waals surface area contributed by atoms with E-state index in [1.807, 2.05) is 32.9 Å². The number of carbonyl (C=O) groups is 1. The molecule has 1 aliphatic rings. The Morgan fingerprint density at radius 1 is 1.07 bits per heavy atom. The average molecular weight is 419 g/mol. The van der Waals surface area contributed by atoms with E-state index in [0.717, 1.165) is 35.4 Å². The highest BCUT2D eigenvalue weighted by molar-refractivity contribution is 5.89. The standard InChI is InChI=1S/C25H44N3O2/c1-24(2,3)23(29)22(26-25(4,5)6)19-20-9-11-21(12-10-20)30-18-15-27-13-16-28(7,8)17-14-27/h9-12,22,26H,13-19H2,1-8H3/q+1. The number of quaternary nitrogens is 1. The molecule has 0 amide bonds. The highest BCUT2D eigenvalue weighted by Gasteiger charge is 2.32. The number of Topliss-reactive ketones (excluding diaryl/α,β-unsaturated/α-hetero) is 1. The zero-order valence-corrected chi connectivity index (χ0v) is 20.5. The van der Waals surface area contributed by atoms with Gasteiger partial charge in [0.15, 0.2) is 5.78 Å². The van der Waals surface area contributed by atoms with E-state index < -0.39 is 0 Å². The van der Waals surface area contributed by atoms with Gasteiger partial charge in [0.2, 0.25) is 0 Å². The molecule has 0 saturated carbocycles. The van der Waals surface area contributed by atoms with E-state index in [0.29, 0.717) is 13.0 Å². The fourth-order valence-electron chi connectivity index (χ4n) is 3.78. The lowest BCUT2D eigenvalue weighted by Crippen LogP contribution is -2.55. The molecular formula is C25H44N3O2+. The van der Waals surface area contributed by atoms with Crippen LogP contribution in [0.25, 0.3) is 0 Å². The van der Waals surface area contributed by atoms with Gasteiger partial charge in [0.05, 0.1) is 33.2 Å². The number of carbonyl (C=O) groups excluding carboxylic acids is 1. The maximum absolute atomic E-state index is 13.0. The van der Waals surface area contributed by atoms with Crippen molar-refractivity contribution in [2.75, 3.05) is 53.4 Å². The number of benzene rings is 1. The van der Waals surface area contributed by atoms with E-state index in [4.69, 9.17) is 4.74 Å². The summed E-state index contributed by atoms with van der Waals surface area (Å²) in [4.78, 5) is 15.4. The van der Waals surface area contributed by atoms with Crippen LogP contribution < -0.4 is 10.1 Å². The number of ether oxygens (including phenoxy) is 1. The summed E-state index contributed by atoms with van der Waals surface area (Å²) in [6, 6.07) is 8.04. The molecule has 5 heteroatoms. The van der Waals surface area contributed by atoms with Gasteiger partial charge in [-0.05, 0) is 44.9 Å². The van der Waals surface area contributed by atoms with Gasteiger partial charge in [-0.2, -0.15) is 0 Å². The predicted molar refractivity (Wildman–Crippen MR) is 125 cm³/mol. The van der Waals surface area contributed by atoms with Crippen LogP contribution in [0.3, 0.4) is 0 Å². The van der Waals surface area contributed by atoms with Crippen molar-refractivity contribution >= 4 is 5.78 Å². The molecule has 0 bridgehead atoms. The van der Waals surface area contributed by atoms with Crippen LogP contribution in [0.2, 0.25) is 0 Å². The lowest BCUT2D eigenvalue weighted by molar-refractivity contribution is -0.894. The Kier molecular flexibility index (Phi) is 8.11. The molecule has 0 spiro atoms. The van der Waals surface area contributed by atoms with Crippen molar-refractivity contribution in [1.82, 2.24) is 10.2 Å². The summed E-state index contributed by atoms with van der Waals surface area (Å²) < 4.78 is 7.09. The average Bonchev–Trinajstić information content (AvgIpc) is 2.61. The van der Waals surface area contributed by atoms with Crippen molar-refractivity contribution in [3.05, 3.63) is 29.8 Å². The number of hydrogen-bond donors (Lipinski definition) is 1. The minimum Gasteiger partial charge on any atom is -0.492 e. The van der Waals surface area contributed by atoms with E-state index in [-0.39, 0.29) is 22.8 Å². The maximum atomic E-state index is 13.0. The molecule has 1 aliphatic heterocycles. The second-order valence-corrected chi connectivity index (χ2v) is 11.5. The van der Waals surface area contributed by atoms with E-state index >= 15 is 0 Å². The van der Waals surface area contributed by atoms with Gasteiger partial charge in [-0.15, -0.1) is 0 Å². The summed E-state index contributed by atoms with van der Waals surface area (Å²) in [5, 5.41) is 3.51. The first-order valence-electron chi connectivity index (χ1n) is 11.3. The Labute approximate surface area is 184 Å². The largest absolute Gasteiger partial charge is 0.492 e. The van der Waals surface area contributed by atoms with Gasteiger partial charge >= 0.3 is 0 Å². The molecule has 1 aromatic carbocycles. The summed E-state index contributed by atoms with van der Waals surface area (Å²) in [7, 11) is 4.60. The molecule has 0 radical (unpaired) electrons. The molecule has 1 heterocycles. The van der Waals surface area contributed by atoms with Crippen LogP contribution in [0.5, 0.6) is 5.75 Å². The predicted octanol–water partition coefficient (Wildman–Crippen LogP) is 3.37. The minimum atomic E-state index is -0.367. The van der Waals surface area contributed by atoms with Gasteiger partial charge in [0, 0.05) is 30.6 Å². The number of nitrogens with one attached hydrogen (secondary N) is 1. The van der Waals surface area contributed by atoms with Crippen molar-refractivity contribution in [1.29, 1.82) is 0 Å². The van der Waals surface area contributed by atoms with Crippen molar-refractivity contribution in [3.8, 4) is 5.75 Å². The molecular weight excluding hydrogens is 374 g/mol. The molecule has 1 atom stereocenters. The number of hydrogen-bond acceptors (Lipinski definition) is 4. The summed E-state index contributed by atoms with van der Waals surface area (Å²) >= 11 is 0. The lowest BCUT2D eigenvalue weighted by atomic mass is 9.83. The monoisotopic (exact) mass is 418 g/mol. The molecule has 1 N–H and O–H groups in total. The van der Waals surface area contributed by atoms with Crippen LogP contribution in [0.15, 0.2) is 24.3 Å². The minimum absolute atomic E-state index is 0.114. The summed E-state index contributed by atoms with van der Waals surface area (Å²) in [5.74, 6) is 1.15. The Balaban J connectivity index is 1.88. The number of likely N-dealkylation sites (N-methyl/N-ethyl adjacent to an activating group) is 1. The molecule has 1 unspecified atom stereocenters. The van der Waals surface area contributed by atoms with Gasteiger partial charge in [0.25, 0.3) is 0 Å². The van der Waals surface area contributed by atoms with Crippen molar-refractivity contribution < 1.29 is 14.0 Å². The number of nitrogens with zero attached hydrogens (tertiary/aromatic N) is 2. The second-order valence-electron chi connectivity index (χ2n) is 11.5. The SMILES string of the molecule is CC(C)(C)NC(Cc1ccc(OCCN2CC[N+](C)(C)CC2)cc1)C(=O)C(C)(C)C. The molecule has 2 rings (SSSR count). The van der Waals surface area contributed by atoms with Gasteiger partial charge in [-0.1, -0.05) is 32.9 Å².